The van der Waals surface area contributed by atoms with Crippen LogP contribution < -0.4 is 10.6 Å². The Morgan fingerprint density at radius 2 is 2.04 bits per heavy atom. The summed E-state index contributed by atoms with van der Waals surface area (Å²) in [6, 6.07) is 3.95. The second-order valence-corrected chi connectivity index (χ2v) is 8.10. The minimum atomic E-state index is -0.260. The van der Waals surface area contributed by atoms with Crippen molar-refractivity contribution < 1.29 is 9.53 Å². The molecule has 7 heteroatoms. The van der Waals surface area contributed by atoms with Gasteiger partial charge in [-0.1, -0.05) is 6.42 Å². The number of rotatable bonds is 5. The van der Waals surface area contributed by atoms with Crippen LogP contribution in [0, 0.1) is 0 Å². The van der Waals surface area contributed by atoms with Crippen LogP contribution >= 0.6 is 23.6 Å². The molecule has 2 aromatic heterocycles. The number of aryl methyl sites for hydroxylation is 1. The van der Waals surface area contributed by atoms with Crippen molar-refractivity contribution in [1.29, 1.82) is 0 Å². The number of carbonyl (C=O) groups excluding carboxylic acids is 1. The van der Waals surface area contributed by atoms with Crippen molar-refractivity contribution in [2.45, 2.75) is 52.0 Å². The molecule has 2 heterocycles. The topological polar surface area (TPSA) is 63.2 Å². The van der Waals surface area contributed by atoms with Crippen molar-refractivity contribution in [3.8, 4) is 0 Å². The highest BCUT2D eigenvalue weighted by Gasteiger charge is 2.26. The average molecular weight is 404 g/mol. The van der Waals surface area contributed by atoms with Gasteiger partial charge in [-0.05, 0) is 75.0 Å². The summed E-state index contributed by atoms with van der Waals surface area (Å²) in [4.78, 5) is 17.9. The van der Waals surface area contributed by atoms with Crippen LogP contribution in [0.2, 0.25) is 0 Å². The minimum Gasteiger partial charge on any atom is -0.462 e. The number of fused-ring (bicyclic) bond motifs is 1. The summed E-state index contributed by atoms with van der Waals surface area (Å²) in [6.07, 6.45) is 8.94. The fourth-order valence-electron chi connectivity index (χ4n) is 3.32. The Bertz CT molecular complexity index is 805. The number of hydrogen-bond donors (Lipinski definition) is 2. The number of anilines is 1. The molecular weight excluding hydrogens is 378 g/mol. The summed E-state index contributed by atoms with van der Waals surface area (Å²) < 4.78 is 5.32. The molecule has 1 aliphatic carbocycles. The van der Waals surface area contributed by atoms with Crippen molar-refractivity contribution in [3.63, 3.8) is 0 Å². The molecule has 0 saturated heterocycles. The van der Waals surface area contributed by atoms with Crippen LogP contribution in [0.4, 0.5) is 5.00 Å². The lowest BCUT2D eigenvalue weighted by Crippen LogP contribution is -2.31. The quantitative estimate of drug-likeness (QED) is 0.431. The molecule has 1 unspecified atom stereocenters. The third kappa shape index (κ3) is 4.84. The number of hydrogen-bond acceptors (Lipinski definition) is 5. The van der Waals surface area contributed by atoms with Gasteiger partial charge in [0.1, 0.15) is 5.00 Å². The van der Waals surface area contributed by atoms with Gasteiger partial charge in [0.2, 0.25) is 0 Å². The van der Waals surface area contributed by atoms with Crippen LogP contribution in [0.1, 0.15) is 65.5 Å². The Morgan fingerprint density at radius 3 is 2.78 bits per heavy atom. The third-order valence-corrected chi connectivity index (χ3v) is 6.11. The Hall–Kier alpha value is -1.99. The smallest absolute Gasteiger partial charge is 0.341 e. The summed E-state index contributed by atoms with van der Waals surface area (Å²) >= 11 is 7.14. The highest BCUT2D eigenvalue weighted by molar-refractivity contribution is 7.80. The largest absolute Gasteiger partial charge is 0.462 e. The summed E-state index contributed by atoms with van der Waals surface area (Å²) in [5.41, 5.74) is 2.91. The maximum absolute atomic E-state index is 12.6. The van der Waals surface area contributed by atoms with Crippen LogP contribution in [0.15, 0.2) is 24.5 Å². The van der Waals surface area contributed by atoms with Gasteiger partial charge in [-0.25, -0.2) is 4.79 Å². The van der Waals surface area contributed by atoms with E-state index >= 15 is 0 Å². The van der Waals surface area contributed by atoms with Gasteiger partial charge in [0.05, 0.1) is 18.2 Å². The highest BCUT2D eigenvalue weighted by Crippen LogP contribution is 2.38. The number of nitrogens with one attached hydrogen (secondary N) is 2. The fraction of sp³-hybridized carbons (Fsp3) is 0.450. The van der Waals surface area contributed by atoms with Crippen molar-refractivity contribution in [1.82, 2.24) is 10.3 Å². The van der Waals surface area contributed by atoms with Crippen LogP contribution in [0.25, 0.3) is 0 Å². The minimum absolute atomic E-state index is 0.0387. The zero-order valence-corrected chi connectivity index (χ0v) is 17.3. The number of nitrogens with zero attached hydrogens (tertiary/aromatic N) is 1. The standard InChI is InChI=1S/C20H25N3O2S2/c1-3-25-19(24)17-15-7-5-4-6-8-16(15)27-18(17)23-20(26)22-13(2)14-9-11-21-12-10-14/h9-13H,3-8H2,1-2H3,(H2,22,23,26). The molecule has 0 spiro atoms. The molecule has 5 nitrogen and oxygen atoms in total. The molecule has 2 N–H and O–H groups in total. The monoisotopic (exact) mass is 403 g/mol. The maximum Gasteiger partial charge on any atom is 0.341 e. The second-order valence-electron chi connectivity index (χ2n) is 6.59. The Morgan fingerprint density at radius 1 is 1.30 bits per heavy atom. The van der Waals surface area contributed by atoms with Crippen molar-refractivity contribution in [2.75, 3.05) is 11.9 Å². The van der Waals surface area contributed by atoms with Crippen LogP contribution in [0.5, 0.6) is 0 Å². The Kier molecular flexibility index (Phi) is 6.79. The molecule has 27 heavy (non-hydrogen) atoms. The number of carbonyl (C=O) groups is 1. The summed E-state index contributed by atoms with van der Waals surface area (Å²) in [6.45, 7) is 4.24. The molecule has 1 aliphatic rings. The van der Waals surface area contributed by atoms with Crippen molar-refractivity contribution >= 4 is 39.6 Å². The first-order chi connectivity index (χ1) is 13.1. The number of aromatic nitrogens is 1. The Labute approximate surface area is 169 Å². The van der Waals surface area contributed by atoms with Crippen molar-refractivity contribution in [2.24, 2.45) is 0 Å². The van der Waals surface area contributed by atoms with Crippen LogP contribution in [-0.2, 0) is 17.6 Å². The van der Waals surface area contributed by atoms with Gasteiger partial charge >= 0.3 is 5.97 Å². The lowest BCUT2D eigenvalue weighted by molar-refractivity contribution is 0.0527. The van der Waals surface area contributed by atoms with E-state index in [1.54, 1.807) is 23.7 Å². The molecular formula is C20H25N3O2S2. The molecule has 2 aromatic rings. The summed E-state index contributed by atoms with van der Waals surface area (Å²) in [5.74, 6) is -0.260. The number of pyridine rings is 1. The van der Waals surface area contributed by atoms with E-state index in [1.807, 2.05) is 26.0 Å². The molecule has 0 fully saturated rings. The van der Waals surface area contributed by atoms with E-state index in [0.29, 0.717) is 17.3 Å². The van der Waals surface area contributed by atoms with E-state index < -0.39 is 0 Å². The first kappa shape index (κ1) is 19.8. The van der Waals surface area contributed by atoms with Gasteiger partial charge < -0.3 is 15.4 Å². The highest BCUT2D eigenvalue weighted by atomic mass is 32.1. The van der Waals surface area contributed by atoms with E-state index in [9.17, 15) is 4.79 Å². The first-order valence-electron chi connectivity index (χ1n) is 9.39. The molecule has 3 rings (SSSR count). The number of thiocarbonyl (C=S) groups is 1. The van der Waals surface area contributed by atoms with Gasteiger partial charge in [0.25, 0.3) is 0 Å². The normalized spacial score (nSPS) is 14.6. The second kappa shape index (κ2) is 9.28. The number of esters is 1. The van der Waals surface area contributed by atoms with Gasteiger partial charge in [0.15, 0.2) is 5.11 Å². The van der Waals surface area contributed by atoms with E-state index in [2.05, 4.69) is 15.6 Å². The maximum atomic E-state index is 12.6. The zero-order chi connectivity index (χ0) is 19.2. The Balaban J connectivity index is 1.79. The third-order valence-electron chi connectivity index (χ3n) is 4.68. The fourth-order valence-corrected chi connectivity index (χ4v) is 4.95. The van der Waals surface area contributed by atoms with E-state index in [0.717, 1.165) is 41.8 Å². The van der Waals surface area contributed by atoms with Gasteiger partial charge in [-0.2, -0.15) is 0 Å². The molecule has 144 valence electrons. The molecule has 0 amide bonds. The van der Waals surface area contributed by atoms with Gasteiger partial charge in [0, 0.05) is 17.3 Å². The molecule has 0 aromatic carbocycles. The number of thiophene rings is 1. The SMILES string of the molecule is CCOC(=O)c1c(NC(=S)NC(C)c2ccncc2)sc2c1CCCCC2. The molecule has 1 atom stereocenters. The zero-order valence-electron chi connectivity index (χ0n) is 15.7. The lowest BCUT2D eigenvalue weighted by atomic mass is 10.1. The summed E-state index contributed by atoms with van der Waals surface area (Å²) in [7, 11) is 0. The van der Waals surface area contributed by atoms with Crippen LogP contribution in [0.3, 0.4) is 0 Å². The van der Waals surface area contributed by atoms with Gasteiger partial charge in [-0.15, -0.1) is 11.3 Å². The lowest BCUT2D eigenvalue weighted by Gasteiger charge is -2.17. The first-order valence-corrected chi connectivity index (χ1v) is 10.6. The van der Waals surface area contributed by atoms with E-state index in [4.69, 9.17) is 17.0 Å². The summed E-state index contributed by atoms with van der Waals surface area (Å²) in [5, 5.41) is 7.83. The van der Waals surface area contributed by atoms with E-state index in [-0.39, 0.29) is 12.0 Å². The predicted molar refractivity (Wildman–Crippen MR) is 114 cm³/mol. The predicted octanol–water partition coefficient (Wildman–Crippen LogP) is 4.64. The van der Waals surface area contributed by atoms with E-state index in [1.165, 1.54) is 11.3 Å². The average Bonchev–Trinajstić information content (AvgIpc) is 2.83. The molecule has 0 saturated carbocycles. The molecule has 0 aliphatic heterocycles. The van der Waals surface area contributed by atoms with Gasteiger partial charge in [-0.3, -0.25) is 4.98 Å². The molecule has 0 radical (unpaired) electrons. The molecule has 0 bridgehead atoms. The van der Waals surface area contributed by atoms with Crippen molar-refractivity contribution in [3.05, 3.63) is 46.1 Å². The number of ether oxygens (including phenoxy) is 1. The van der Waals surface area contributed by atoms with Crippen LogP contribution in [-0.4, -0.2) is 22.7 Å².